The van der Waals surface area contributed by atoms with E-state index in [0.717, 1.165) is 37.6 Å². The maximum Gasteiger partial charge on any atom is 0.258 e. The zero-order chi connectivity index (χ0) is 19.4. The van der Waals surface area contributed by atoms with E-state index in [4.69, 9.17) is 5.41 Å². The average molecular weight is 374 g/mol. The van der Waals surface area contributed by atoms with Gasteiger partial charge < -0.3 is 9.98 Å². The summed E-state index contributed by atoms with van der Waals surface area (Å²) in [6.07, 6.45) is 5.03. The Morgan fingerprint density at radius 2 is 2.04 bits per heavy atom. The number of aryl methyl sites for hydroxylation is 1. The molecule has 2 radical (unpaired) electrons. The molecule has 3 rings (SSSR count). The molecule has 1 N–H and O–H groups in total. The van der Waals surface area contributed by atoms with E-state index in [1.54, 1.807) is 24.9 Å². The summed E-state index contributed by atoms with van der Waals surface area (Å²) in [4.78, 5) is 16.7. The van der Waals surface area contributed by atoms with Crippen molar-refractivity contribution >= 4 is 37.9 Å². The minimum absolute atomic E-state index is 0.0116. The predicted molar refractivity (Wildman–Crippen MR) is 116 cm³/mol. The molecule has 0 amide bonds. The van der Waals surface area contributed by atoms with Crippen molar-refractivity contribution in [1.29, 1.82) is 5.41 Å². The topological polar surface area (TPSA) is 58.2 Å². The van der Waals surface area contributed by atoms with Crippen LogP contribution in [0.1, 0.15) is 18.4 Å². The van der Waals surface area contributed by atoms with Crippen LogP contribution in [-0.4, -0.2) is 33.6 Å². The Bertz CT molecular complexity index is 1070. The minimum Gasteiger partial charge on any atom is -0.317 e. The fourth-order valence-corrected chi connectivity index (χ4v) is 4.19. The monoisotopic (exact) mass is 373 g/mol. The second-order valence-electron chi connectivity index (χ2n) is 6.47. The van der Waals surface area contributed by atoms with Crippen molar-refractivity contribution in [2.45, 2.75) is 18.9 Å². The summed E-state index contributed by atoms with van der Waals surface area (Å²) >= 11 is 0. The number of benzene rings is 2. The van der Waals surface area contributed by atoms with E-state index < -0.39 is 0 Å². The summed E-state index contributed by atoms with van der Waals surface area (Å²) < 4.78 is 1.65. The van der Waals surface area contributed by atoms with E-state index >= 15 is 0 Å². The van der Waals surface area contributed by atoms with Gasteiger partial charge in [0.25, 0.3) is 5.56 Å². The molecule has 0 spiro atoms. The van der Waals surface area contributed by atoms with Crippen LogP contribution in [0.25, 0.3) is 21.9 Å². The van der Waals surface area contributed by atoms with Gasteiger partial charge in [0, 0.05) is 43.7 Å². The molecule has 0 aliphatic carbocycles. The number of nitrogens with one attached hydrogen (secondary N) is 1. The lowest BCUT2D eigenvalue weighted by Crippen LogP contribution is -2.17. The number of hydrogen-bond donors (Lipinski definition) is 1. The largest absolute Gasteiger partial charge is 0.317 e. The molecule has 136 valence electrons. The fourth-order valence-electron chi connectivity index (χ4n) is 3.31. The van der Waals surface area contributed by atoms with Gasteiger partial charge in [-0.1, -0.05) is 48.5 Å². The zero-order valence-electron chi connectivity index (χ0n) is 15.9. The van der Waals surface area contributed by atoms with Gasteiger partial charge in [0.15, 0.2) is 0 Å². The van der Waals surface area contributed by atoms with Gasteiger partial charge >= 0.3 is 0 Å². The van der Waals surface area contributed by atoms with Crippen LogP contribution in [0.4, 0.5) is 0 Å². The quantitative estimate of drug-likeness (QED) is 0.522. The molecule has 27 heavy (non-hydrogen) atoms. The Hall–Kier alpha value is -2.79. The summed E-state index contributed by atoms with van der Waals surface area (Å²) in [7, 11) is 4.28. The van der Waals surface area contributed by atoms with E-state index in [0.29, 0.717) is 5.39 Å². The molecule has 4 nitrogen and oxygen atoms in total. The number of pyridine rings is 1. The molecule has 5 heteroatoms. The normalized spacial score (nSPS) is 12.6. The standard InChI is InChI=1S/C22H23N3OSi/c1-4-27-18-7-5-6-16(10-18)21-14-25(3)22(26)19-9-8-15(11-20(19)21)17(12-23)13-24-2/h5-14,17,23H,4H2,1-3H3. The maximum absolute atomic E-state index is 12.7. The molecule has 1 unspecified atom stereocenters. The van der Waals surface area contributed by atoms with Crippen LogP contribution < -0.4 is 10.7 Å². The summed E-state index contributed by atoms with van der Waals surface area (Å²) in [6, 6.07) is 15.5. The highest BCUT2D eigenvalue weighted by Gasteiger charge is 2.13. The van der Waals surface area contributed by atoms with Crippen LogP contribution in [0.2, 0.25) is 6.04 Å². The fraction of sp³-hybridized carbons (Fsp3) is 0.227. The lowest BCUT2D eigenvalue weighted by molar-refractivity contribution is 0.874. The Morgan fingerprint density at radius 1 is 1.22 bits per heavy atom. The molecule has 0 saturated heterocycles. The molecule has 0 aliphatic rings. The number of nitrogens with zero attached hydrogens (tertiary/aromatic N) is 2. The van der Waals surface area contributed by atoms with Crippen LogP contribution in [0.5, 0.6) is 0 Å². The first kappa shape index (κ1) is 19.0. The van der Waals surface area contributed by atoms with Gasteiger partial charge in [-0.3, -0.25) is 9.79 Å². The number of fused-ring (bicyclic) bond motifs is 1. The summed E-state index contributed by atoms with van der Waals surface area (Å²) in [6.45, 7) is 2.19. The van der Waals surface area contributed by atoms with Crippen LogP contribution in [0.3, 0.4) is 0 Å². The molecule has 0 aliphatic heterocycles. The average Bonchev–Trinajstić information content (AvgIpc) is 2.69. The van der Waals surface area contributed by atoms with Gasteiger partial charge in [0.1, 0.15) is 0 Å². The van der Waals surface area contributed by atoms with Gasteiger partial charge in [0.2, 0.25) is 0 Å². The first-order valence-corrected chi connectivity index (χ1v) is 10.2. The third kappa shape index (κ3) is 3.83. The molecule has 1 aromatic heterocycles. The Labute approximate surface area is 161 Å². The van der Waals surface area contributed by atoms with Gasteiger partial charge in [-0.15, -0.1) is 0 Å². The highest BCUT2D eigenvalue weighted by Crippen LogP contribution is 2.28. The van der Waals surface area contributed by atoms with Gasteiger partial charge in [0.05, 0.1) is 15.4 Å². The van der Waals surface area contributed by atoms with E-state index in [1.807, 2.05) is 24.4 Å². The van der Waals surface area contributed by atoms with Crippen LogP contribution in [0.15, 0.2) is 58.4 Å². The van der Waals surface area contributed by atoms with Crippen molar-refractivity contribution in [3.63, 3.8) is 0 Å². The van der Waals surface area contributed by atoms with Gasteiger partial charge in [-0.2, -0.15) is 0 Å². The molecular formula is C22H23N3OSi. The van der Waals surface area contributed by atoms with Gasteiger partial charge in [-0.05, 0) is 28.6 Å². The number of aromatic nitrogens is 1. The molecule has 0 bridgehead atoms. The maximum atomic E-state index is 12.7. The molecule has 2 aromatic carbocycles. The number of aliphatic imine (C=N–C) groups is 1. The summed E-state index contributed by atoms with van der Waals surface area (Å²) in [5, 5.41) is 10.6. The predicted octanol–water partition coefficient (Wildman–Crippen LogP) is 3.41. The smallest absolute Gasteiger partial charge is 0.258 e. The van der Waals surface area contributed by atoms with E-state index in [1.165, 1.54) is 11.4 Å². The molecular weight excluding hydrogens is 350 g/mol. The second kappa shape index (κ2) is 8.27. The van der Waals surface area contributed by atoms with Crippen LogP contribution >= 0.6 is 0 Å². The van der Waals surface area contributed by atoms with Crippen LogP contribution in [-0.2, 0) is 7.05 Å². The van der Waals surface area contributed by atoms with Crippen molar-refractivity contribution in [1.82, 2.24) is 4.57 Å². The highest BCUT2D eigenvalue weighted by atomic mass is 28.2. The molecule has 3 aromatic rings. The van der Waals surface area contributed by atoms with Crippen LogP contribution in [0, 0.1) is 5.41 Å². The Morgan fingerprint density at radius 3 is 2.74 bits per heavy atom. The molecule has 1 heterocycles. The summed E-state index contributed by atoms with van der Waals surface area (Å²) in [5.74, 6) is -0.191. The van der Waals surface area contributed by atoms with Crippen molar-refractivity contribution < 1.29 is 0 Å². The lowest BCUT2D eigenvalue weighted by atomic mass is 9.94. The van der Waals surface area contributed by atoms with Crippen molar-refractivity contribution in [2.24, 2.45) is 12.0 Å². The first-order valence-electron chi connectivity index (χ1n) is 8.99. The summed E-state index contributed by atoms with van der Waals surface area (Å²) in [5.41, 5.74) is 3.10. The molecule has 0 fully saturated rings. The molecule has 1 atom stereocenters. The van der Waals surface area contributed by atoms with Crippen molar-refractivity contribution in [3.8, 4) is 11.1 Å². The SMILES string of the molecule is CC[Si]c1cccc(-c2cn(C)c(=O)c3ccc(C(C=N)C=NC)cc23)c1. The van der Waals surface area contributed by atoms with Gasteiger partial charge in [-0.25, -0.2) is 0 Å². The lowest BCUT2D eigenvalue weighted by Gasteiger charge is -2.13. The highest BCUT2D eigenvalue weighted by molar-refractivity contribution is 6.53. The number of hydrogen-bond acceptors (Lipinski definition) is 3. The van der Waals surface area contributed by atoms with E-state index in [2.05, 4.69) is 36.2 Å². The van der Waals surface area contributed by atoms with E-state index in [9.17, 15) is 4.79 Å². The van der Waals surface area contributed by atoms with Crippen molar-refractivity contribution in [3.05, 3.63) is 64.6 Å². The molecule has 0 saturated carbocycles. The minimum atomic E-state index is -0.191. The Balaban J connectivity index is 2.28. The van der Waals surface area contributed by atoms with Crippen molar-refractivity contribution in [2.75, 3.05) is 7.05 Å². The third-order valence-electron chi connectivity index (χ3n) is 4.64. The Kier molecular flexibility index (Phi) is 5.81. The zero-order valence-corrected chi connectivity index (χ0v) is 16.9. The third-order valence-corrected chi connectivity index (χ3v) is 5.71. The first-order chi connectivity index (χ1) is 13.1. The number of rotatable bonds is 6. The second-order valence-corrected chi connectivity index (χ2v) is 8.11. The van der Waals surface area contributed by atoms with E-state index in [-0.39, 0.29) is 11.5 Å².